The second kappa shape index (κ2) is 10.8. The highest BCUT2D eigenvalue weighted by molar-refractivity contribution is 6.03. The second-order valence-electron chi connectivity index (χ2n) is 9.83. The number of nitrogens with zero attached hydrogens (tertiary/aromatic N) is 2. The lowest BCUT2D eigenvalue weighted by Gasteiger charge is -2.33. The number of hydrogen-bond donors (Lipinski definition) is 2. The molecule has 0 aliphatic carbocycles. The van der Waals surface area contributed by atoms with Crippen molar-refractivity contribution >= 4 is 17.8 Å². The SMILES string of the molecule is C=CCN1C(=O)N[C@@H](c2cccc(C)c2)C2=C1CN([C@@H](Cc1ccccc1)C(=O)NCC(C)C)C2=O. The van der Waals surface area contributed by atoms with Gasteiger partial charge in [-0.2, -0.15) is 0 Å². The van der Waals surface area contributed by atoms with Gasteiger partial charge in [0.15, 0.2) is 0 Å². The van der Waals surface area contributed by atoms with Crippen LogP contribution >= 0.6 is 0 Å². The summed E-state index contributed by atoms with van der Waals surface area (Å²) in [5.41, 5.74) is 3.98. The van der Waals surface area contributed by atoms with Crippen molar-refractivity contribution < 1.29 is 14.4 Å². The minimum Gasteiger partial charge on any atom is -0.354 e. The molecule has 2 aromatic rings. The summed E-state index contributed by atoms with van der Waals surface area (Å²) in [6, 6.07) is 15.9. The van der Waals surface area contributed by atoms with Crippen LogP contribution in [0.25, 0.3) is 0 Å². The van der Waals surface area contributed by atoms with Gasteiger partial charge in [-0.25, -0.2) is 4.79 Å². The molecule has 0 aromatic heterocycles. The van der Waals surface area contributed by atoms with Crippen LogP contribution < -0.4 is 10.6 Å². The molecule has 0 unspecified atom stereocenters. The average molecular weight is 487 g/mol. The van der Waals surface area contributed by atoms with Gasteiger partial charge in [0.05, 0.1) is 23.9 Å². The molecule has 2 aliphatic heterocycles. The van der Waals surface area contributed by atoms with Crippen LogP contribution in [-0.2, 0) is 16.0 Å². The van der Waals surface area contributed by atoms with E-state index in [9.17, 15) is 14.4 Å². The molecule has 0 saturated heterocycles. The number of benzene rings is 2. The van der Waals surface area contributed by atoms with Crippen LogP contribution in [0.1, 0.15) is 36.6 Å². The number of urea groups is 1. The van der Waals surface area contributed by atoms with Crippen molar-refractivity contribution in [2.24, 2.45) is 5.92 Å². The first-order chi connectivity index (χ1) is 17.3. The van der Waals surface area contributed by atoms with E-state index in [4.69, 9.17) is 0 Å². The third kappa shape index (κ3) is 5.20. The van der Waals surface area contributed by atoms with E-state index in [1.165, 1.54) is 0 Å². The molecule has 4 rings (SSSR count). The third-order valence-corrected chi connectivity index (χ3v) is 6.57. The van der Waals surface area contributed by atoms with E-state index in [2.05, 4.69) is 17.2 Å². The fourth-order valence-corrected chi connectivity index (χ4v) is 4.79. The summed E-state index contributed by atoms with van der Waals surface area (Å²) < 4.78 is 0. The van der Waals surface area contributed by atoms with E-state index in [1.807, 2.05) is 75.4 Å². The Morgan fingerprint density at radius 3 is 2.58 bits per heavy atom. The highest BCUT2D eigenvalue weighted by atomic mass is 16.2. The molecule has 2 heterocycles. The van der Waals surface area contributed by atoms with Gasteiger partial charge >= 0.3 is 6.03 Å². The maximum absolute atomic E-state index is 14.0. The van der Waals surface area contributed by atoms with Gasteiger partial charge in [-0.05, 0) is 24.0 Å². The molecule has 2 N–H and O–H groups in total. The zero-order chi connectivity index (χ0) is 25.8. The van der Waals surface area contributed by atoms with Crippen molar-refractivity contribution in [3.05, 3.63) is 95.2 Å². The zero-order valence-corrected chi connectivity index (χ0v) is 21.2. The Morgan fingerprint density at radius 2 is 1.92 bits per heavy atom. The smallest absolute Gasteiger partial charge is 0.322 e. The van der Waals surface area contributed by atoms with E-state index < -0.39 is 12.1 Å². The monoisotopic (exact) mass is 486 g/mol. The van der Waals surface area contributed by atoms with Crippen molar-refractivity contribution in [2.75, 3.05) is 19.6 Å². The topological polar surface area (TPSA) is 81.8 Å². The largest absolute Gasteiger partial charge is 0.354 e. The Bertz CT molecular complexity index is 1190. The summed E-state index contributed by atoms with van der Waals surface area (Å²) >= 11 is 0. The first kappa shape index (κ1) is 25.2. The van der Waals surface area contributed by atoms with Gasteiger partial charge in [0.1, 0.15) is 6.04 Å². The summed E-state index contributed by atoms with van der Waals surface area (Å²) in [6.07, 6.45) is 2.02. The van der Waals surface area contributed by atoms with Gasteiger partial charge in [-0.3, -0.25) is 14.5 Å². The maximum Gasteiger partial charge on any atom is 0.322 e. The summed E-state index contributed by atoms with van der Waals surface area (Å²) in [6.45, 7) is 10.8. The average Bonchev–Trinajstić information content (AvgIpc) is 3.20. The summed E-state index contributed by atoms with van der Waals surface area (Å²) in [5, 5.41) is 6.02. The fourth-order valence-electron chi connectivity index (χ4n) is 4.79. The molecular formula is C29H34N4O3. The van der Waals surface area contributed by atoms with Gasteiger partial charge in [-0.1, -0.05) is 80.1 Å². The van der Waals surface area contributed by atoms with E-state index >= 15 is 0 Å². The zero-order valence-electron chi connectivity index (χ0n) is 21.2. The van der Waals surface area contributed by atoms with Crippen molar-refractivity contribution in [3.8, 4) is 0 Å². The number of nitrogens with one attached hydrogen (secondary N) is 2. The predicted molar refractivity (Wildman–Crippen MR) is 140 cm³/mol. The summed E-state index contributed by atoms with van der Waals surface area (Å²) in [7, 11) is 0. The molecule has 0 spiro atoms. The summed E-state index contributed by atoms with van der Waals surface area (Å²) in [5.74, 6) is -0.142. The van der Waals surface area contributed by atoms with Gasteiger partial charge in [-0.15, -0.1) is 6.58 Å². The molecule has 2 aliphatic rings. The number of aryl methyl sites for hydroxylation is 1. The molecule has 7 nitrogen and oxygen atoms in total. The molecule has 0 fully saturated rings. The second-order valence-corrected chi connectivity index (χ2v) is 9.83. The Kier molecular flexibility index (Phi) is 7.58. The van der Waals surface area contributed by atoms with Crippen LogP contribution in [0, 0.1) is 12.8 Å². The molecule has 0 radical (unpaired) electrons. The highest BCUT2D eigenvalue weighted by Gasteiger charge is 2.46. The van der Waals surface area contributed by atoms with E-state index in [0.29, 0.717) is 24.2 Å². The van der Waals surface area contributed by atoms with Crippen molar-refractivity contribution in [1.29, 1.82) is 0 Å². The normalized spacial score (nSPS) is 18.3. The van der Waals surface area contributed by atoms with Gasteiger partial charge in [0.25, 0.3) is 5.91 Å². The molecule has 36 heavy (non-hydrogen) atoms. The van der Waals surface area contributed by atoms with Crippen molar-refractivity contribution in [3.63, 3.8) is 0 Å². The van der Waals surface area contributed by atoms with Crippen molar-refractivity contribution in [2.45, 2.75) is 39.3 Å². The van der Waals surface area contributed by atoms with Gasteiger partial charge < -0.3 is 15.5 Å². The van der Waals surface area contributed by atoms with Crippen molar-refractivity contribution in [1.82, 2.24) is 20.4 Å². The predicted octanol–water partition coefficient (Wildman–Crippen LogP) is 3.73. The minimum atomic E-state index is -0.705. The van der Waals surface area contributed by atoms with Gasteiger partial charge in [0.2, 0.25) is 5.91 Å². The van der Waals surface area contributed by atoms with Crippen LogP contribution in [0.2, 0.25) is 0 Å². The molecule has 0 bridgehead atoms. The Labute approximate surface area is 212 Å². The van der Waals surface area contributed by atoms with Crippen LogP contribution in [0.4, 0.5) is 4.79 Å². The lowest BCUT2D eigenvalue weighted by molar-refractivity contribution is -0.136. The summed E-state index contributed by atoms with van der Waals surface area (Å²) in [4.78, 5) is 43.7. The quantitative estimate of drug-likeness (QED) is 0.530. The minimum absolute atomic E-state index is 0.185. The molecule has 2 aromatic carbocycles. The van der Waals surface area contributed by atoms with E-state index in [0.717, 1.165) is 16.7 Å². The number of amides is 4. The van der Waals surface area contributed by atoms with Crippen LogP contribution in [0.15, 0.2) is 78.5 Å². The third-order valence-electron chi connectivity index (χ3n) is 6.57. The van der Waals surface area contributed by atoms with Crippen LogP contribution in [-0.4, -0.2) is 53.3 Å². The van der Waals surface area contributed by atoms with E-state index in [1.54, 1.807) is 15.9 Å². The highest BCUT2D eigenvalue weighted by Crippen LogP contribution is 2.37. The molecule has 2 atom stereocenters. The van der Waals surface area contributed by atoms with Crippen LogP contribution in [0.3, 0.4) is 0 Å². The Hall–Kier alpha value is -3.87. The van der Waals surface area contributed by atoms with Crippen LogP contribution in [0.5, 0.6) is 0 Å². The molecule has 0 saturated carbocycles. The Morgan fingerprint density at radius 1 is 1.17 bits per heavy atom. The molecule has 188 valence electrons. The molecule has 7 heteroatoms. The van der Waals surface area contributed by atoms with E-state index in [-0.39, 0.29) is 36.9 Å². The van der Waals surface area contributed by atoms with Gasteiger partial charge in [0, 0.05) is 19.5 Å². The lowest BCUT2D eigenvalue weighted by Crippen LogP contribution is -2.50. The number of hydrogen-bond acceptors (Lipinski definition) is 3. The standard InChI is InChI=1S/C29H34N4O3/c1-5-14-32-24-18-33(23(27(34)30-17-19(2)3)16-21-11-7-6-8-12-21)28(35)25(24)26(31-29(32)36)22-13-9-10-20(4)15-22/h5-13,15,19,23,26H,1,14,16-18H2,2-4H3,(H,30,34)(H,31,36)/t23-,26-/m0/s1. The molecular weight excluding hydrogens is 452 g/mol. The Balaban J connectivity index is 1.72. The number of rotatable bonds is 9. The fraction of sp³-hybridized carbons (Fsp3) is 0.345. The molecule has 4 amide bonds. The maximum atomic E-state index is 14.0. The number of carbonyl (C=O) groups excluding carboxylic acids is 3. The number of carbonyl (C=O) groups is 3. The lowest BCUT2D eigenvalue weighted by atomic mass is 9.94. The first-order valence-corrected chi connectivity index (χ1v) is 12.4. The first-order valence-electron chi connectivity index (χ1n) is 12.4.